The van der Waals surface area contributed by atoms with Crippen molar-refractivity contribution in [2.24, 2.45) is 17.3 Å². The van der Waals surface area contributed by atoms with Crippen molar-refractivity contribution in [2.75, 3.05) is 0 Å². The molecule has 4 bridgehead atoms. The largest absolute Gasteiger partial charge is 0.289 e. The number of nitrogens with one attached hydrogen (secondary N) is 1. The number of carbonyl (C=O) groups is 1. The highest BCUT2D eigenvalue weighted by atomic mass is 79.9. The van der Waals surface area contributed by atoms with Crippen LogP contribution >= 0.6 is 15.9 Å². The van der Waals surface area contributed by atoms with Crippen molar-refractivity contribution >= 4 is 21.8 Å². The number of carbonyl (C=O) groups excluding carboxylic acids is 1. The maximum Gasteiger partial charge on any atom is 0.243 e. The molecule has 4 aliphatic rings. The normalized spacial score (nSPS) is 39.0. The average molecular weight is 364 g/mol. The zero-order valence-corrected chi connectivity index (χ0v) is 14.2. The SMILES string of the molecule is O=C(CC12C[C@H]3C[C@@H](C1)CC(c1ccc(Br)cc1)(C3)C2)NO. The molecule has 3 nitrogen and oxygen atoms in total. The van der Waals surface area contributed by atoms with E-state index >= 15 is 0 Å². The van der Waals surface area contributed by atoms with E-state index < -0.39 is 0 Å². The lowest BCUT2D eigenvalue weighted by Crippen LogP contribution is -2.55. The van der Waals surface area contributed by atoms with Gasteiger partial charge >= 0.3 is 0 Å². The summed E-state index contributed by atoms with van der Waals surface area (Å²) in [5.74, 6) is 1.28. The molecule has 4 aliphatic carbocycles. The van der Waals surface area contributed by atoms with Crippen LogP contribution < -0.4 is 5.48 Å². The molecular formula is C18H22BrNO2. The molecule has 2 unspecified atom stereocenters. The van der Waals surface area contributed by atoms with E-state index in [1.807, 2.05) is 5.48 Å². The number of benzene rings is 1. The minimum Gasteiger partial charge on any atom is -0.289 e. The first-order valence-corrected chi connectivity index (χ1v) is 9.01. The third kappa shape index (κ3) is 2.31. The fourth-order valence-corrected chi connectivity index (χ4v) is 6.44. The monoisotopic (exact) mass is 363 g/mol. The summed E-state index contributed by atoms with van der Waals surface area (Å²) in [6.45, 7) is 0. The Hall–Kier alpha value is -0.870. The molecule has 5 rings (SSSR count). The van der Waals surface area contributed by atoms with E-state index in [1.54, 1.807) is 0 Å². The Kier molecular flexibility index (Phi) is 3.39. The predicted molar refractivity (Wildman–Crippen MR) is 87.5 cm³/mol. The molecule has 0 radical (unpaired) electrons. The summed E-state index contributed by atoms with van der Waals surface area (Å²) in [6.07, 6.45) is 7.78. The van der Waals surface area contributed by atoms with Crippen LogP contribution in [-0.2, 0) is 10.2 Å². The van der Waals surface area contributed by atoms with Crippen LogP contribution in [0.1, 0.15) is 50.5 Å². The van der Waals surface area contributed by atoms with E-state index in [2.05, 4.69) is 40.2 Å². The molecule has 118 valence electrons. The molecule has 4 saturated carbocycles. The van der Waals surface area contributed by atoms with Crippen molar-refractivity contribution in [2.45, 2.75) is 50.4 Å². The van der Waals surface area contributed by atoms with Crippen molar-refractivity contribution in [3.8, 4) is 0 Å². The van der Waals surface area contributed by atoms with Crippen molar-refractivity contribution < 1.29 is 10.0 Å². The zero-order valence-electron chi connectivity index (χ0n) is 12.6. The summed E-state index contributed by atoms with van der Waals surface area (Å²) in [7, 11) is 0. The van der Waals surface area contributed by atoms with Gasteiger partial charge < -0.3 is 0 Å². The Morgan fingerprint density at radius 3 is 2.41 bits per heavy atom. The Bertz CT molecular complexity index is 584. The van der Waals surface area contributed by atoms with Gasteiger partial charge in [0, 0.05) is 10.9 Å². The third-order valence-electron chi connectivity index (χ3n) is 6.30. The molecule has 2 N–H and O–H groups in total. The number of hydrogen-bond acceptors (Lipinski definition) is 2. The fraction of sp³-hybridized carbons (Fsp3) is 0.611. The van der Waals surface area contributed by atoms with Crippen LogP contribution in [0.4, 0.5) is 0 Å². The molecular weight excluding hydrogens is 342 g/mol. The Balaban J connectivity index is 1.69. The van der Waals surface area contributed by atoms with Gasteiger partial charge in [-0.15, -0.1) is 0 Å². The van der Waals surface area contributed by atoms with Gasteiger partial charge in [-0.1, -0.05) is 28.1 Å². The quantitative estimate of drug-likeness (QED) is 0.624. The minimum atomic E-state index is -0.215. The smallest absolute Gasteiger partial charge is 0.243 e. The number of rotatable bonds is 3. The Morgan fingerprint density at radius 2 is 1.82 bits per heavy atom. The van der Waals surface area contributed by atoms with E-state index in [9.17, 15) is 4.79 Å². The van der Waals surface area contributed by atoms with E-state index in [-0.39, 0.29) is 16.7 Å². The number of halogens is 1. The summed E-state index contributed by atoms with van der Waals surface area (Å²) in [6, 6.07) is 8.80. The van der Waals surface area contributed by atoms with Crippen LogP contribution in [0.2, 0.25) is 0 Å². The van der Waals surface area contributed by atoms with Gasteiger partial charge in [-0.2, -0.15) is 0 Å². The lowest BCUT2D eigenvalue weighted by molar-refractivity contribution is -0.139. The summed E-state index contributed by atoms with van der Waals surface area (Å²) in [5.41, 5.74) is 3.65. The topological polar surface area (TPSA) is 49.3 Å². The number of hydroxylamine groups is 1. The highest BCUT2D eigenvalue weighted by Gasteiger charge is 2.58. The van der Waals surface area contributed by atoms with Gasteiger partial charge in [-0.05, 0) is 78.9 Å². The molecule has 4 fully saturated rings. The fourth-order valence-electron chi connectivity index (χ4n) is 6.18. The second-order valence-electron chi connectivity index (χ2n) is 7.96. The third-order valence-corrected chi connectivity index (χ3v) is 6.83. The Labute approximate surface area is 139 Å². The Morgan fingerprint density at radius 1 is 1.18 bits per heavy atom. The van der Waals surface area contributed by atoms with Crippen LogP contribution in [0, 0.1) is 17.3 Å². The standard InChI is InChI=1S/C18H22BrNO2/c19-15-3-1-14(2-4-15)18-8-12-5-13(9-18)7-17(6-12,11-18)10-16(21)20-22/h1-4,12-13,22H,5-11H2,(H,20,21)/t12-,13+,17?,18?. The second-order valence-corrected chi connectivity index (χ2v) is 8.88. The first-order valence-electron chi connectivity index (χ1n) is 8.22. The molecule has 1 aromatic rings. The van der Waals surface area contributed by atoms with Crippen molar-refractivity contribution in [1.82, 2.24) is 5.48 Å². The first-order chi connectivity index (χ1) is 10.5. The maximum absolute atomic E-state index is 11.8. The van der Waals surface area contributed by atoms with Gasteiger partial charge in [-0.3, -0.25) is 10.0 Å². The van der Waals surface area contributed by atoms with E-state index in [4.69, 9.17) is 5.21 Å². The van der Waals surface area contributed by atoms with E-state index in [0.717, 1.165) is 35.6 Å². The predicted octanol–water partition coefficient (Wildman–Crippen LogP) is 4.18. The lowest BCUT2D eigenvalue weighted by atomic mass is 9.42. The van der Waals surface area contributed by atoms with Gasteiger partial charge in [0.25, 0.3) is 0 Å². The van der Waals surface area contributed by atoms with Crippen LogP contribution in [0.5, 0.6) is 0 Å². The van der Waals surface area contributed by atoms with Gasteiger partial charge in [0.2, 0.25) is 5.91 Å². The van der Waals surface area contributed by atoms with Gasteiger partial charge in [0.1, 0.15) is 0 Å². The summed E-state index contributed by atoms with van der Waals surface area (Å²) in [5, 5.41) is 8.94. The second kappa shape index (κ2) is 5.07. The van der Waals surface area contributed by atoms with Crippen molar-refractivity contribution in [1.29, 1.82) is 0 Å². The van der Waals surface area contributed by atoms with E-state index in [0.29, 0.717) is 6.42 Å². The minimum absolute atomic E-state index is 0.101. The first kappa shape index (κ1) is 14.7. The van der Waals surface area contributed by atoms with Crippen molar-refractivity contribution in [3.05, 3.63) is 34.3 Å². The molecule has 0 saturated heterocycles. The molecule has 1 aromatic carbocycles. The highest BCUT2D eigenvalue weighted by Crippen LogP contribution is 2.66. The summed E-state index contributed by atoms with van der Waals surface area (Å²) < 4.78 is 1.12. The average Bonchev–Trinajstić information content (AvgIpc) is 2.45. The summed E-state index contributed by atoms with van der Waals surface area (Å²) in [4.78, 5) is 11.8. The summed E-state index contributed by atoms with van der Waals surface area (Å²) >= 11 is 3.53. The van der Waals surface area contributed by atoms with Crippen molar-refractivity contribution in [3.63, 3.8) is 0 Å². The lowest BCUT2D eigenvalue weighted by Gasteiger charge is -2.62. The van der Waals surface area contributed by atoms with Gasteiger partial charge in [0.05, 0.1) is 0 Å². The molecule has 1 amide bonds. The van der Waals surface area contributed by atoms with Crippen LogP contribution in [-0.4, -0.2) is 11.1 Å². The van der Waals surface area contributed by atoms with E-state index in [1.165, 1.54) is 24.8 Å². The molecule has 22 heavy (non-hydrogen) atoms. The number of hydrogen-bond donors (Lipinski definition) is 2. The molecule has 0 spiro atoms. The zero-order chi connectivity index (χ0) is 15.4. The molecule has 4 heteroatoms. The molecule has 0 aliphatic heterocycles. The molecule has 0 aromatic heterocycles. The maximum atomic E-state index is 11.8. The van der Waals surface area contributed by atoms with Crippen LogP contribution in [0.15, 0.2) is 28.7 Å². The molecule has 0 heterocycles. The van der Waals surface area contributed by atoms with Gasteiger partial charge in [0.15, 0.2) is 0 Å². The molecule has 4 atom stereocenters. The van der Waals surface area contributed by atoms with Gasteiger partial charge in [-0.25, -0.2) is 5.48 Å². The highest BCUT2D eigenvalue weighted by molar-refractivity contribution is 9.10. The number of amides is 1. The van der Waals surface area contributed by atoms with Crippen LogP contribution in [0.3, 0.4) is 0 Å². The van der Waals surface area contributed by atoms with Crippen LogP contribution in [0.25, 0.3) is 0 Å².